The van der Waals surface area contributed by atoms with E-state index in [1.165, 1.54) is 0 Å². The first kappa shape index (κ1) is 11.7. The van der Waals surface area contributed by atoms with Crippen molar-refractivity contribution in [3.8, 4) is 0 Å². The Kier molecular flexibility index (Phi) is 3.44. The summed E-state index contributed by atoms with van der Waals surface area (Å²) in [7, 11) is 0. The number of nitrogens with zero attached hydrogens (tertiary/aromatic N) is 1. The standard InChI is InChI=1S/C13H13N3S/c1-9-6-7-13(17)12(8-9)16-15-11-5-3-2-4-10(11)14/h2-8,14,16-17H,1H3/b14-10?,15-11-. The summed E-state index contributed by atoms with van der Waals surface area (Å²) >= 11 is 4.35. The lowest BCUT2D eigenvalue weighted by molar-refractivity contribution is 1.27. The van der Waals surface area contributed by atoms with Gasteiger partial charge in [-0.1, -0.05) is 18.2 Å². The van der Waals surface area contributed by atoms with E-state index < -0.39 is 0 Å². The molecule has 0 aliphatic heterocycles. The molecule has 0 spiro atoms. The number of hydrazone groups is 1. The van der Waals surface area contributed by atoms with Gasteiger partial charge in [-0.2, -0.15) is 5.10 Å². The molecule has 17 heavy (non-hydrogen) atoms. The third-order valence-electron chi connectivity index (χ3n) is 2.35. The van der Waals surface area contributed by atoms with Crippen LogP contribution in [-0.4, -0.2) is 11.4 Å². The number of aryl methyl sites for hydroxylation is 1. The summed E-state index contributed by atoms with van der Waals surface area (Å²) in [5.74, 6) is 0. The largest absolute Gasteiger partial charge is 0.299 e. The highest BCUT2D eigenvalue weighted by atomic mass is 32.1. The quantitative estimate of drug-likeness (QED) is 0.417. The Morgan fingerprint density at radius 1 is 1.24 bits per heavy atom. The number of hydrogen-bond donors (Lipinski definition) is 3. The molecule has 0 atom stereocenters. The van der Waals surface area contributed by atoms with Gasteiger partial charge in [0.05, 0.1) is 11.4 Å². The molecular formula is C13H13N3S. The molecule has 0 saturated heterocycles. The fourth-order valence-corrected chi connectivity index (χ4v) is 1.62. The second-order valence-electron chi connectivity index (χ2n) is 3.76. The van der Waals surface area contributed by atoms with E-state index in [0.717, 1.165) is 16.1 Å². The van der Waals surface area contributed by atoms with Crippen molar-refractivity contribution in [2.75, 3.05) is 5.43 Å². The van der Waals surface area contributed by atoms with Gasteiger partial charge < -0.3 is 0 Å². The molecule has 0 heterocycles. The first-order valence-corrected chi connectivity index (χ1v) is 5.68. The van der Waals surface area contributed by atoms with Crippen LogP contribution in [-0.2, 0) is 0 Å². The van der Waals surface area contributed by atoms with Gasteiger partial charge in [0.1, 0.15) is 5.71 Å². The number of anilines is 1. The van der Waals surface area contributed by atoms with Gasteiger partial charge in [-0.25, -0.2) is 0 Å². The van der Waals surface area contributed by atoms with Crippen molar-refractivity contribution in [3.63, 3.8) is 0 Å². The Labute approximate surface area is 106 Å². The van der Waals surface area contributed by atoms with Crippen LogP contribution in [0, 0.1) is 12.3 Å². The molecule has 0 unspecified atom stereocenters. The van der Waals surface area contributed by atoms with Crippen molar-refractivity contribution >= 4 is 29.7 Å². The fraction of sp³-hybridized carbons (Fsp3) is 0.0769. The van der Waals surface area contributed by atoms with E-state index in [1.54, 1.807) is 12.2 Å². The predicted molar refractivity (Wildman–Crippen MR) is 75.5 cm³/mol. The topological polar surface area (TPSA) is 48.2 Å². The summed E-state index contributed by atoms with van der Waals surface area (Å²) in [5, 5.41) is 11.9. The molecule has 0 radical (unpaired) electrons. The van der Waals surface area contributed by atoms with E-state index in [9.17, 15) is 0 Å². The van der Waals surface area contributed by atoms with Crippen LogP contribution in [0.15, 0.2) is 52.5 Å². The smallest absolute Gasteiger partial charge is 0.108 e. The summed E-state index contributed by atoms with van der Waals surface area (Å²) in [5.41, 5.74) is 5.93. The summed E-state index contributed by atoms with van der Waals surface area (Å²) in [6.45, 7) is 2.01. The minimum absolute atomic E-state index is 0.397. The maximum absolute atomic E-state index is 7.68. The normalized spacial score (nSPS) is 16.6. The zero-order chi connectivity index (χ0) is 12.3. The van der Waals surface area contributed by atoms with Crippen molar-refractivity contribution in [2.45, 2.75) is 11.8 Å². The van der Waals surface area contributed by atoms with E-state index in [-0.39, 0.29) is 0 Å². The number of allylic oxidation sites excluding steroid dienone is 4. The van der Waals surface area contributed by atoms with Gasteiger partial charge in [-0.15, -0.1) is 12.6 Å². The molecule has 3 nitrogen and oxygen atoms in total. The molecule has 0 saturated carbocycles. The Morgan fingerprint density at radius 2 is 2.00 bits per heavy atom. The zero-order valence-electron chi connectivity index (χ0n) is 9.44. The van der Waals surface area contributed by atoms with Gasteiger partial charge in [-0.3, -0.25) is 10.8 Å². The van der Waals surface area contributed by atoms with Crippen LogP contribution < -0.4 is 5.43 Å². The Balaban J connectivity index is 2.19. The summed E-state index contributed by atoms with van der Waals surface area (Å²) in [6, 6.07) is 5.88. The molecule has 4 heteroatoms. The van der Waals surface area contributed by atoms with Crippen LogP contribution in [0.3, 0.4) is 0 Å². The first-order valence-electron chi connectivity index (χ1n) is 5.24. The molecule has 0 bridgehead atoms. The third-order valence-corrected chi connectivity index (χ3v) is 2.74. The zero-order valence-corrected chi connectivity index (χ0v) is 10.3. The highest BCUT2D eigenvalue weighted by Gasteiger charge is 2.04. The highest BCUT2D eigenvalue weighted by Crippen LogP contribution is 2.21. The molecule has 86 valence electrons. The number of rotatable bonds is 2. The van der Waals surface area contributed by atoms with Gasteiger partial charge in [0.15, 0.2) is 0 Å². The van der Waals surface area contributed by atoms with E-state index >= 15 is 0 Å². The molecule has 0 aromatic heterocycles. The molecular weight excluding hydrogens is 230 g/mol. The minimum Gasteiger partial charge on any atom is -0.299 e. The molecule has 1 aromatic rings. The van der Waals surface area contributed by atoms with Crippen LogP contribution in [0.4, 0.5) is 5.69 Å². The maximum atomic E-state index is 7.68. The van der Waals surface area contributed by atoms with Gasteiger partial charge in [0, 0.05) is 4.90 Å². The number of thiol groups is 1. The monoisotopic (exact) mass is 243 g/mol. The Morgan fingerprint density at radius 3 is 2.76 bits per heavy atom. The average Bonchev–Trinajstić information content (AvgIpc) is 2.32. The maximum Gasteiger partial charge on any atom is 0.108 e. The van der Waals surface area contributed by atoms with Crippen LogP contribution in [0.2, 0.25) is 0 Å². The molecule has 0 fully saturated rings. The fourth-order valence-electron chi connectivity index (χ4n) is 1.43. The second-order valence-corrected chi connectivity index (χ2v) is 4.24. The lowest BCUT2D eigenvalue weighted by atomic mass is 10.1. The van der Waals surface area contributed by atoms with Gasteiger partial charge >= 0.3 is 0 Å². The minimum atomic E-state index is 0.397. The van der Waals surface area contributed by atoms with Crippen molar-refractivity contribution in [1.82, 2.24) is 0 Å². The summed E-state index contributed by atoms with van der Waals surface area (Å²) in [6.07, 6.45) is 7.18. The summed E-state index contributed by atoms with van der Waals surface area (Å²) in [4.78, 5) is 0.835. The van der Waals surface area contributed by atoms with Gasteiger partial charge in [-0.05, 0) is 36.8 Å². The van der Waals surface area contributed by atoms with Crippen molar-refractivity contribution < 1.29 is 0 Å². The van der Waals surface area contributed by atoms with E-state index in [1.807, 2.05) is 37.3 Å². The molecule has 2 N–H and O–H groups in total. The molecule has 1 aliphatic rings. The molecule has 2 rings (SSSR count). The Hall–Kier alpha value is -1.81. The predicted octanol–water partition coefficient (Wildman–Crippen LogP) is 3.20. The van der Waals surface area contributed by atoms with Crippen LogP contribution in [0.25, 0.3) is 0 Å². The second kappa shape index (κ2) is 5.01. The van der Waals surface area contributed by atoms with Crippen LogP contribution >= 0.6 is 12.6 Å². The Bertz CT molecular complexity index is 542. The number of nitrogens with one attached hydrogen (secondary N) is 2. The number of benzene rings is 1. The molecule has 1 aliphatic carbocycles. The van der Waals surface area contributed by atoms with E-state index in [0.29, 0.717) is 11.4 Å². The van der Waals surface area contributed by atoms with E-state index in [4.69, 9.17) is 5.41 Å². The van der Waals surface area contributed by atoms with Gasteiger partial charge in [0.2, 0.25) is 0 Å². The number of hydrogen-bond acceptors (Lipinski definition) is 4. The van der Waals surface area contributed by atoms with E-state index in [2.05, 4.69) is 23.2 Å². The molecule has 0 amide bonds. The summed E-state index contributed by atoms with van der Waals surface area (Å²) < 4.78 is 0. The SMILES string of the molecule is Cc1ccc(S)c(N/N=C2/C=CC=CC2=N)c1. The van der Waals surface area contributed by atoms with Crippen molar-refractivity contribution in [2.24, 2.45) is 5.10 Å². The van der Waals surface area contributed by atoms with Crippen molar-refractivity contribution in [1.29, 1.82) is 5.41 Å². The lowest BCUT2D eigenvalue weighted by Crippen LogP contribution is -2.11. The third kappa shape index (κ3) is 2.85. The van der Waals surface area contributed by atoms with Gasteiger partial charge in [0.25, 0.3) is 0 Å². The molecule has 1 aromatic carbocycles. The van der Waals surface area contributed by atoms with Crippen LogP contribution in [0.5, 0.6) is 0 Å². The van der Waals surface area contributed by atoms with Crippen molar-refractivity contribution in [3.05, 3.63) is 48.1 Å². The van der Waals surface area contributed by atoms with Crippen LogP contribution in [0.1, 0.15) is 5.56 Å². The first-order chi connectivity index (χ1) is 8.16. The lowest BCUT2D eigenvalue weighted by Gasteiger charge is -2.07. The highest BCUT2D eigenvalue weighted by molar-refractivity contribution is 7.80. The average molecular weight is 243 g/mol.